The number of fused-ring (bicyclic) bond motifs is 2. The summed E-state index contributed by atoms with van der Waals surface area (Å²) in [7, 11) is 0. The van der Waals surface area contributed by atoms with E-state index in [1.165, 1.54) is 0 Å². The maximum atomic E-state index is 13.6. The normalized spacial score (nSPS) is 31.0. The van der Waals surface area contributed by atoms with Crippen molar-refractivity contribution < 1.29 is 93.9 Å². The monoisotopic (exact) mass is 650 g/mol. The van der Waals surface area contributed by atoms with Gasteiger partial charge in [0.15, 0.2) is 41.0 Å². The molecule has 10 N–H and O–H groups in total. The summed E-state index contributed by atoms with van der Waals surface area (Å²) in [6, 6.07) is 1.92. The predicted octanol–water partition coefficient (Wildman–Crippen LogP) is -3.04. The molecule has 1 saturated heterocycles. The Balaban J connectivity index is 1.48. The van der Waals surface area contributed by atoms with E-state index >= 15 is 0 Å². The molecular formula is C27H22O19. The lowest BCUT2D eigenvalue weighted by atomic mass is 9.74. The van der Waals surface area contributed by atoms with Crippen LogP contribution < -0.4 is 4.74 Å². The van der Waals surface area contributed by atoms with Crippen molar-refractivity contribution in [2.24, 2.45) is 0 Å². The van der Waals surface area contributed by atoms with Crippen LogP contribution in [0.25, 0.3) is 0 Å². The maximum Gasteiger partial charge on any atom is 0.340 e. The molecule has 3 aliphatic heterocycles. The van der Waals surface area contributed by atoms with Crippen molar-refractivity contribution >= 4 is 23.7 Å². The number of carbonyl (C=O) groups excluding carboxylic acids is 4. The molecule has 46 heavy (non-hydrogen) atoms. The van der Waals surface area contributed by atoms with Crippen molar-refractivity contribution in [3.05, 3.63) is 46.5 Å². The first-order valence-corrected chi connectivity index (χ1v) is 13.0. The largest absolute Gasteiger partial charge is 0.504 e. The van der Waals surface area contributed by atoms with Crippen LogP contribution in [-0.4, -0.2) is 124 Å². The van der Waals surface area contributed by atoms with Gasteiger partial charge in [0.05, 0.1) is 29.2 Å². The molecule has 3 heterocycles. The van der Waals surface area contributed by atoms with Gasteiger partial charge >= 0.3 is 17.9 Å². The van der Waals surface area contributed by atoms with E-state index in [4.69, 9.17) is 23.7 Å². The third-order valence-electron chi connectivity index (χ3n) is 7.92. The Labute approximate surface area is 253 Å². The smallest absolute Gasteiger partial charge is 0.340 e. The Morgan fingerprint density at radius 1 is 0.870 bits per heavy atom. The molecule has 4 aliphatic rings. The molecule has 19 heteroatoms. The van der Waals surface area contributed by atoms with Crippen LogP contribution >= 0.6 is 0 Å². The quantitative estimate of drug-likeness (QED) is 0.0683. The molecule has 2 unspecified atom stereocenters. The van der Waals surface area contributed by atoms with Crippen LogP contribution in [0.4, 0.5) is 0 Å². The average Bonchev–Trinajstić information content (AvgIpc) is 3.32. The van der Waals surface area contributed by atoms with Gasteiger partial charge in [-0.2, -0.15) is 0 Å². The molecule has 1 aliphatic carbocycles. The Bertz CT molecular complexity index is 1720. The zero-order valence-corrected chi connectivity index (χ0v) is 22.6. The second-order valence-electron chi connectivity index (χ2n) is 10.6. The van der Waals surface area contributed by atoms with Gasteiger partial charge in [-0.25, -0.2) is 14.4 Å². The number of benzene rings is 2. The number of aliphatic hydroxyl groups is 5. The number of phenolic OH excluding ortho intramolecular Hbond substituents is 5. The Morgan fingerprint density at radius 2 is 1.48 bits per heavy atom. The molecule has 2 aromatic rings. The van der Waals surface area contributed by atoms with Gasteiger partial charge in [0.2, 0.25) is 17.8 Å². The molecule has 244 valence electrons. The van der Waals surface area contributed by atoms with E-state index in [0.717, 1.165) is 0 Å². The number of aliphatic hydroxyl groups excluding tert-OH is 2. The van der Waals surface area contributed by atoms with Crippen LogP contribution in [0.5, 0.6) is 34.5 Å². The van der Waals surface area contributed by atoms with Crippen LogP contribution in [0, 0.1) is 0 Å². The maximum absolute atomic E-state index is 13.6. The van der Waals surface area contributed by atoms with Gasteiger partial charge in [-0.05, 0) is 24.3 Å². The molecule has 1 fully saturated rings. The zero-order valence-electron chi connectivity index (χ0n) is 22.6. The van der Waals surface area contributed by atoms with Gasteiger partial charge in [0.25, 0.3) is 11.6 Å². The van der Waals surface area contributed by atoms with Crippen LogP contribution in [0.3, 0.4) is 0 Å². The first-order chi connectivity index (χ1) is 21.5. The number of esters is 3. The van der Waals surface area contributed by atoms with Gasteiger partial charge in [0.1, 0.15) is 12.2 Å². The van der Waals surface area contributed by atoms with E-state index in [2.05, 4.69) is 0 Å². The number of hydrogen-bond acceptors (Lipinski definition) is 19. The molecule has 0 spiro atoms. The number of ketones is 1. The lowest BCUT2D eigenvalue weighted by molar-refractivity contribution is -0.323. The number of aromatic hydroxyl groups is 5. The third-order valence-corrected chi connectivity index (χ3v) is 7.92. The fourth-order valence-electron chi connectivity index (χ4n) is 5.62. The fourth-order valence-corrected chi connectivity index (χ4v) is 5.62. The van der Waals surface area contributed by atoms with Crippen LogP contribution in [0.1, 0.15) is 32.2 Å². The summed E-state index contributed by atoms with van der Waals surface area (Å²) < 4.78 is 26.4. The third kappa shape index (κ3) is 4.21. The summed E-state index contributed by atoms with van der Waals surface area (Å²) >= 11 is 0. The molecule has 6 rings (SSSR count). The first-order valence-electron chi connectivity index (χ1n) is 13.0. The second kappa shape index (κ2) is 10.2. The van der Waals surface area contributed by atoms with E-state index in [9.17, 15) is 70.2 Å². The van der Waals surface area contributed by atoms with Crippen LogP contribution in [0.15, 0.2) is 29.8 Å². The van der Waals surface area contributed by atoms with E-state index in [1.807, 2.05) is 0 Å². The highest BCUT2D eigenvalue weighted by atomic mass is 16.7. The highest BCUT2D eigenvalue weighted by molar-refractivity contribution is 6.08. The number of ether oxygens (including phenoxy) is 5. The highest BCUT2D eigenvalue weighted by Gasteiger charge is 2.70. The number of phenols is 5. The lowest BCUT2D eigenvalue weighted by Gasteiger charge is -2.43. The Hall–Kier alpha value is -5.18. The van der Waals surface area contributed by atoms with Crippen LogP contribution in [0.2, 0.25) is 0 Å². The molecule has 0 saturated carbocycles. The molecule has 7 atom stereocenters. The summed E-state index contributed by atoms with van der Waals surface area (Å²) in [6.45, 7) is -1.05. The van der Waals surface area contributed by atoms with Gasteiger partial charge in [0, 0.05) is 5.56 Å². The molecule has 2 bridgehead atoms. The van der Waals surface area contributed by atoms with Crippen molar-refractivity contribution in [1.82, 2.24) is 0 Å². The molecule has 0 radical (unpaired) electrons. The molecule has 0 aromatic heterocycles. The summed E-state index contributed by atoms with van der Waals surface area (Å²) in [5, 5.41) is 104. The molecule has 2 aromatic carbocycles. The number of carbonyl (C=O) groups is 4. The minimum atomic E-state index is -3.81. The Morgan fingerprint density at radius 3 is 2.11 bits per heavy atom. The van der Waals surface area contributed by atoms with Crippen molar-refractivity contribution in [2.45, 2.75) is 48.2 Å². The SMILES string of the molecule is O=C1OC2[C@@H](CO)O[C@@H](OC(=O)c3cc(O)c(O)c(O)c3)[C@H](OC(=O)c3cc(O)c(O)c4c3[C@@H]3C1=CC(=O)C(O)(O)C3(O)O4)[C@H]2O. The fraction of sp³-hybridized carbons (Fsp3) is 0.333. The van der Waals surface area contributed by atoms with E-state index in [0.29, 0.717) is 24.3 Å². The number of rotatable bonds is 3. The average molecular weight is 650 g/mol. The second-order valence-corrected chi connectivity index (χ2v) is 10.6. The van der Waals surface area contributed by atoms with E-state index in [1.54, 1.807) is 0 Å². The zero-order chi connectivity index (χ0) is 33.6. The summed E-state index contributed by atoms with van der Waals surface area (Å²) in [5.41, 5.74) is -3.02. The minimum absolute atomic E-state index is 0.339. The highest BCUT2D eigenvalue weighted by Crippen LogP contribution is 2.59. The predicted molar refractivity (Wildman–Crippen MR) is 136 cm³/mol. The van der Waals surface area contributed by atoms with E-state index < -0.39 is 135 Å². The van der Waals surface area contributed by atoms with Gasteiger partial charge in [-0.15, -0.1) is 0 Å². The van der Waals surface area contributed by atoms with Crippen molar-refractivity contribution in [3.8, 4) is 34.5 Å². The van der Waals surface area contributed by atoms with Crippen LogP contribution in [-0.2, 0) is 28.5 Å². The summed E-state index contributed by atoms with van der Waals surface area (Å²) in [4.78, 5) is 52.8. The van der Waals surface area contributed by atoms with Crippen molar-refractivity contribution in [3.63, 3.8) is 0 Å². The minimum Gasteiger partial charge on any atom is -0.504 e. The molecular weight excluding hydrogens is 628 g/mol. The van der Waals surface area contributed by atoms with E-state index in [-0.39, 0.29) is 0 Å². The van der Waals surface area contributed by atoms with Gasteiger partial charge in [-0.3, -0.25) is 4.79 Å². The topological polar surface area (TPSA) is 317 Å². The number of hydrogen-bond donors (Lipinski definition) is 10. The van der Waals surface area contributed by atoms with Crippen molar-refractivity contribution in [2.75, 3.05) is 6.61 Å². The van der Waals surface area contributed by atoms with Crippen molar-refractivity contribution in [1.29, 1.82) is 0 Å². The first kappa shape index (κ1) is 30.8. The molecule has 0 amide bonds. The van der Waals surface area contributed by atoms with Gasteiger partial charge in [-0.1, -0.05) is 0 Å². The summed E-state index contributed by atoms with van der Waals surface area (Å²) in [5.74, 6) is -21.9. The molecule has 19 nitrogen and oxygen atoms in total. The van der Waals surface area contributed by atoms with Gasteiger partial charge < -0.3 is 74.7 Å². The lowest BCUT2D eigenvalue weighted by Crippen LogP contribution is -2.66. The summed E-state index contributed by atoms with van der Waals surface area (Å²) in [6.07, 6.45) is -9.88. The Kier molecular flexibility index (Phi) is 6.82. The standard InChI is InChI=1S/C27H22O19/c28-5-12-19-18(35)21(25(42-12)45-22(36)6-1-9(29)16(33)10(30)2-6)44-23(37)7-3-11(31)17(34)20-14(7)15-8(24(38)43-19)4-13(32)26(39,40)27(15,41)46-20/h1-4,12,15,18-19,21,25,28-31,33-35,39-41H,5H2/t12-,15+,18+,19?,21-,25+,27?/m1/s1.